The van der Waals surface area contributed by atoms with Gasteiger partial charge in [-0.3, -0.25) is 9.59 Å². The third-order valence-corrected chi connectivity index (χ3v) is 4.58. The van der Waals surface area contributed by atoms with Crippen molar-refractivity contribution < 1.29 is 19.1 Å². The molecule has 0 aromatic heterocycles. The predicted octanol–water partition coefficient (Wildman–Crippen LogP) is 3.89. The highest BCUT2D eigenvalue weighted by molar-refractivity contribution is 5.95. The topological polar surface area (TPSA) is 52.6 Å². The molecular formula is C21H22O4. The Bertz CT molecular complexity index is 637. The molecule has 130 valence electrons. The van der Waals surface area contributed by atoms with E-state index in [1.54, 1.807) is 0 Å². The fourth-order valence-electron chi connectivity index (χ4n) is 2.89. The fourth-order valence-corrected chi connectivity index (χ4v) is 2.89. The van der Waals surface area contributed by atoms with Gasteiger partial charge >= 0.3 is 11.9 Å². The van der Waals surface area contributed by atoms with E-state index in [0.717, 1.165) is 30.4 Å². The molecule has 25 heavy (non-hydrogen) atoms. The second kappa shape index (κ2) is 8.47. The van der Waals surface area contributed by atoms with Gasteiger partial charge in [0.15, 0.2) is 5.92 Å². The summed E-state index contributed by atoms with van der Waals surface area (Å²) in [5.41, 5.74) is 1.81. The quantitative estimate of drug-likeness (QED) is 0.568. The SMILES string of the molecule is O=C(OCc1ccccc1)C(C(=O)OCc1ccccc1)C1CCC1. The average molecular weight is 338 g/mol. The van der Waals surface area contributed by atoms with Crippen LogP contribution in [-0.2, 0) is 32.3 Å². The van der Waals surface area contributed by atoms with Crippen LogP contribution in [0.15, 0.2) is 60.7 Å². The molecule has 4 heteroatoms. The summed E-state index contributed by atoms with van der Waals surface area (Å²) in [4.78, 5) is 25.0. The second-order valence-corrected chi connectivity index (χ2v) is 6.36. The van der Waals surface area contributed by atoms with Gasteiger partial charge in [-0.15, -0.1) is 0 Å². The van der Waals surface area contributed by atoms with E-state index < -0.39 is 17.9 Å². The smallest absolute Gasteiger partial charge is 0.320 e. The van der Waals surface area contributed by atoms with Crippen LogP contribution in [0, 0.1) is 11.8 Å². The number of rotatable bonds is 7. The third kappa shape index (κ3) is 4.69. The maximum absolute atomic E-state index is 12.5. The van der Waals surface area contributed by atoms with Gasteiger partial charge in [0.05, 0.1) is 0 Å². The second-order valence-electron chi connectivity index (χ2n) is 6.36. The molecular weight excluding hydrogens is 316 g/mol. The highest BCUT2D eigenvalue weighted by Crippen LogP contribution is 2.35. The van der Waals surface area contributed by atoms with Crippen molar-refractivity contribution in [3.8, 4) is 0 Å². The van der Waals surface area contributed by atoms with Crippen LogP contribution < -0.4 is 0 Å². The molecule has 2 aromatic carbocycles. The summed E-state index contributed by atoms with van der Waals surface area (Å²) < 4.78 is 10.8. The highest BCUT2D eigenvalue weighted by Gasteiger charge is 2.40. The van der Waals surface area contributed by atoms with Crippen molar-refractivity contribution in [1.82, 2.24) is 0 Å². The first kappa shape index (κ1) is 17.2. The molecule has 1 fully saturated rings. The zero-order valence-corrected chi connectivity index (χ0v) is 14.1. The summed E-state index contributed by atoms with van der Waals surface area (Å²) in [6, 6.07) is 18.9. The number of hydrogen-bond acceptors (Lipinski definition) is 4. The average Bonchev–Trinajstić information content (AvgIpc) is 2.62. The summed E-state index contributed by atoms with van der Waals surface area (Å²) in [7, 11) is 0. The summed E-state index contributed by atoms with van der Waals surface area (Å²) in [6.07, 6.45) is 2.77. The normalized spacial score (nSPS) is 14.0. The number of carbonyl (C=O) groups excluding carboxylic acids is 2. The first-order valence-electron chi connectivity index (χ1n) is 8.65. The minimum Gasteiger partial charge on any atom is -0.460 e. The molecule has 1 saturated carbocycles. The van der Waals surface area contributed by atoms with E-state index in [2.05, 4.69) is 0 Å². The van der Waals surface area contributed by atoms with E-state index in [0.29, 0.717) is 0 Å². The molecule has 0 unspecified atom stereocenters. The Morgan fingerprint density at radius 2 is 1.24 bits per heavy atom. The Kier molecular flexibility index (Phi) is 5.83. The molecule has 0 bridgehead atoms. The van der Waals surface area contributed by atoms with Gasteiger partial charge in [-0.1, -0.05) is 67.1 Å². The molecule has 2 aromatic rings. The van der Waals surface area contributed by atoms with Crippen LogP contribution in [0.3, 0.4) is 0 Å². The standard InChI is InChI=1S/C21H22O4/c22-20(24-14-16-8-3-1-4-9-16)19(18-12-7-13-18)21(23)25-15-17-10-5-2-6-11-17/h1-6,8-11,18-19H,7,12-15H2. The molecule has 1 aliphatic carbocycles. The van der Waals surface area contributed by atoms with Crippen molar-refractivity contribution in [2.75, 3.05) is 0 Å². The Morgan fingerprint density at radius 3 is 1.60 bits per heavy atom. The van der Waals surface area contributed by atoms with E-state index in [1.165, 1.54) is 0 Å². The van der Waals surface area contributed by atoms with Crippen molar-refractivity contribution >= 4 is 11.9 Å². The number of carbonyl (C=O) groups is 2. The van der Waals surface area contributed by atoms with E-state index in [9.17, 15) is 9.59 Å². The van der Waals surface area contributed by atoms with Gasteiger partial charge in [0.25, 0.3) is 0 Å². The van der Waals surface area contributed by atoms with E-state index in [-0.39, 0.29) is 19.1 Å². The van der Waals surface area contributed by atoms with Crippen LogP contribution in [0.1, 0.15) is 30.4 Å². The van der Waals surface area contributed by atoms with Crippen LogP contribution in [0.5, 0.6) is 0 Å². The van der Waals surface area contributed by atoms with Crippen LogP contribution in [0.4, 0.5) is 0 Å². The molecule has 0 amide bonds. The Hall–Kier alpha value is -2.62. The van der Waals surface area contributed by atoms with Crippen LogP contribution >= 0.6 is 0 Å². The molecule has 0 heterocycles. The molecule has 0 saturated heterocycles. The summed E-state index contributed by atoms with van der Waals surface area (Å²) >= 11 is 0. The van der Waals surface area contributed by atoms with Crippen molar-refractivity contribution in [1.29, 1.82) is 0 Å². The molecule has 0 aliphatic heterocycles. The van der Waals surface area contributed by atoms with Gasteiger partial charge < -0.3 is 9.47 Å². The Labute approximate surface area is 147 Å². The minimum atomic E-state index is -0.818. The largest absolute Gasteiger partial charge is 0.460 e. The summed E-state index contributed by atoms with van der Waals surface area (Å²) in [5, 5.41) is 0. The first-order chi connectivity index (χ1) is 12.2. The lowest BCUT2D eigenvalue weighted by molar-refractivity contribution is -0.168. The Morgan fingerprint density at radius 1 is 0.800 bits per heavy atom. The van der Waals surface area contributed by atoms with Crippen molar-refractivity contribution in [2.45, 2.75) is 32.5 Å². The fraction of sp³-hybridized carbons (Fsp3) is 0.333. The zero-order valence-electron chi connectivity index (χ0n) is 14.1. The number of hydrogen-bond donors (Lipinski definition) is 0. The lowest BCUT2D eigenvalue weighted by Gasteiger charge is -2.30. The number of ether oxygens (including phenoxy) is 2. The van der Waals surface area contributed by atoms with E-state index in [4.69, 9.17) is 9.47 Å². The number of esters is 2. The van der Waals surface area contributed by atoms with Crippen LogP contribution in [0.25, 0.3) is 0 Å². The maximum Gasteiger partial charge on any atom is 0.320 e. The maximum atomic E-state index is 12.5. The third-order valence-electron chi connectivity index (χ3n) is 4.58. The predicted molar refractivity (Wildman–Crippen MR) is 93.3 cm³/mol. The highest BCUT2D eigenvalue weighted by atomic mass is 16.6. The number of benzene rings is 2. The van der Waals surface area contributed by atoms with Crippen LogP contribution in [-0.4, -0.2) is 11.9 Å². The van der Waals surface area contributed by atoms with Gasteiger partial charge in [-0.05, 0) is 29.9 Å². The van der Waals surface area contributed by atoms with E-state index in [1.807, 2.05) is 60.7 Å². The molecule has 1 aliphatic rings. The Balaban J connectivity index is 1.58. The monoisotopic (exact) mass is 338 g/mol. The lowest BCUT2D eigenvalue weighted by Crippen LogP contribution is -2.37. The lowest BCUT2D eigenvalue weighted by atomic mass is 9.76. The van der Waals surface area contributed by atoms with Gasteiger partial charge in [0.1, 0.15) is 13.2 Å². The van der Waals surface area contributed by atoms with Crippen molar-refractivity contribution in [2.24, 2.45) is 11.8 Å². The summed E-state index contributed by atoms with van der Waals surface area (Å²) in [6.45, 7) is 0.351. The van der Waals surface area contributed by atoms with Crippen molar-refractivity contribution in [3.63, 3.8) is 0 Å². The summed E-state index contributed by atoms with van der Waals surface area (Å²) in [5.74, 6) is -1.74. The molecule has 4 nitrogen and oxygen atoms in total. The minimum absolute atomic E-state index is 0.0338. The first-order valence-corrected chi connectivity index (χ1v) is 8.65. The zero-order chi connectivity index (χ0) is 17.5. The molecule has 3 rings (SSSR count). The van der Waals surface area contributed by atoms with Gasteiger partial charge in [0.2, 0.25) is 0 Å². The van der Waals surface area contributed by atoms with Gasteiger partial charge in [0, 0.05) is 0 Å². The molecule has 0 N–H and O–H groups in total. The van der Waals surface area contributed by atoms with Gasteiger partial charge in [-0.2, -0.15) is 0 Å². The van der Waals surface area contributed by atoms with E-state index >= 15 is 0 Å². The molecule has 0 atom stereocenters. The van der Waals surface area contributed by atoms with Crippen LogP contribution in [0.2, 0.25) is 0 Å². The molecule has 0 spiro atoms. The molecule has 0 radical (unpaired) electrons. The van der Waals surface area contributed by atoms with Crippen molar-refractivity contribution in [3.05, 3.63) is 71.8 Å². The van der Waals surface area contributed by atoms with Gasteiger partial charge in [-0.25, -0.2) is 0 Å².